The molecule has 2 rings (SSSR count). The minimum absolute atomic E-state index is 0.121. The van der Waals surface area contributed by atoms with Gasteiger partial charge in [-0.1, -0.05) is 24.6 Å². The van der Waals surface area contributed by atoms with Gasteiger partial charge in [0.2, 0.25) is 11.8 Å². The minimum atomic E-state index is -0.619. The van der Waals surface area contributed by atoms with E-state index in [0.29, 0.717) is 23.3 Å². The van der Waals surface area contributed by atoms with Crippen molar-refractivity contribution in [2.45, 2.75) is 20.3 Å². The number of hydrogen-bond donors (Lipinski definition) is 1. The van der Waals surface area contributed by atoms with Gasteiger partial charge in [0.1, 0.15) is 5.75 Å². The number of aryl methyl sites for hydroxylation is 1. The van der Waals surface area contributed by atoms with Gasteiger partial charge >= 0.3 is 0 Å². The van der Waals surface area contributed by atoms with E-state index in [-0.39, 0.29) is 5.88 Å². The molecule has 0 radical (unpaired) electrons. The highest BCUT2D eigenvalue weighted by Crippen LogP contribution is 2.28. The van der Waals surface area contributed by atoms with Crippen LogP contribution in [0.3, 0.4) is 0 Å². The first-order chi connectivity index (χ1) is 9.60. The summed E-state index contributed by atoms with van der Waals surface area (Å²) in [6.45, 7) is 4.57. The van der Waals surface area contributed by atoms with Gasteiger partial charge in [0.25, 0.3) is 5.88 Å². The maximum atomic E-state index is 13.7. The molecule has 0 fully saturated rings. The Hall–Kier alpha value is -1.88. The van der Waals surface area contributed by atoms with Crippen molar-refractivity contribution >= 4 is 17.5 Å². The van der Waals surface area contributed by atoms with E-state index in [1.54, 1.807) is 18.2 Å². The SMILES string of the molecule is CCCNc1ncc(F)c(Oc2cc(Cl)ccc2C)n1. The maximum Gasteiger partial charge on any atom is 0.260 e. The van der Waals surface area contributed by atoms with Gasteiger partial charge in [-0.25, -0.2) is 4.98 Å². The van der Waals surface area contributed by atoms with Crippen LogP contribution in [0, 0.1) is 12.7 Å². The highest BCUT2D eigenvalue weighted by molar-refractivity contribution is 6.30. The van der Waals surface area contributed by atoms with Gasteiger partial charge in [-0.2, -0.15) is 9.37 Å². The average molecular weight is 296 g/mol. The van der Waals surface area contributed by atoms with Crippen LogP contribution in [0.1, 0.15) is 18.9 Å². The molecule has 0 spiro atoms. The number of rotatable bonds is 5. The molecule has 0 unspecified atom stereocenters. The van der Waals surface area contributed by atoms with Crippen molar-refractivity contribution in [3.63, 3.8) is 0 Å². The lowest BCUT2D eigenvalue weighted by molar-refractivity contribution is 0.418. The van der Waals surface area contributed by atoms with E-state index in [4.69, 9.17) is 16.3 Å². The first-order valence-electron chi connectivity index (χ1n) is 6.30. The predicted octanol–water partition coefficient (Wildman–Crippen LogP) is 4.19. The summed E-state index contributed by atoms with van der Waals surface area (Å²) < 4.78 is 19.2. The summed E-state index contributed by atoms with van der Waals surface area (Å²) in [5.41, 5.74) is 0.843. The zero-order valence-corrected chi connectivity index (χ0v) is 12.0. The van der Waals surface area contributed by atoms with E-state index in [2.05, 4.69) is 15.3 Å². The Bertz CT molecular complexity index is 607. The lowest BCUT2D eigenvalue weighted by atomic mass is 10.2. The molecule has 1 N–H and O–H groups in total. The molecule has 0 atom stereocenters. The fourth-order valence-electron chi connectivity index (χ4n) is 1.53. The van der Waals surface area contributed by atoms with Crippen molar-refractivity contribution in [2.24, 2.45) is 0 Å². The lowest BCUT2D eigenvalue weighted by Crippen LogP contribution is -2.06. The zero-order chi connectivity index (χ0) is 14.5. The third-order valence-electron chi connectivity index (χ3n) is 2.60. The van der Waals surface area contributed by atoms with Crippen molar-refractivity contribution in [2.75, 3.05) is 11.9 Å². The van der Waals surface area contributed by atoms with Crippen LogP contribution >= 0.6 is 11.6 Å². The highest BCUT2D eigenvalue weighted by Gasteiger charge is 2.11. The first-order valence-corrected chi connectivity index (χ1v) is 6.68. The van der Waals surface area contributed by atoms with Gasteiger partial charge < -0.3 is 10.1 Å². The van der Waals surface area contributed by atoms with Crippen molar-refractivity contribution in [1.29, 1.82) is 0 Å². The Morgan fingerprint density at radius 3 is 2.95 bits per heavy atom. The van der Waals surface area contributed by atoms with Crippen LogP contribution in [0.2, 0.25) is 5.02 Å². The van der Waals surface area contributed by atoms with Crippen LogP contribution in [0.4, 0.5) is 10.3 Å². The number of benzene rings is 1. The van der Waals surface area contributed by atoms with Crippen LogP contribution in [0.25, 0.3) is 0 Å². The van der Waals surface area contributed by atoms with E-state index < -0.39 is 5.82 Å². The molecule has 0 bridgehead atoms. The standard InChI is InChI=1S/C14H15ClFN3O/c1-3-6-17-14-18-8-11(16)13(19-14)20-12-7-10(15)5-4-9(12)2/h4-5,7-8H,3,6H2,1-2H3,(H,17,18,19). The molecule has 20 heavy (non-hydrogen) atoms. The molecule has 0 aliphatic carbocycles. The zero-order valence-electron chi connectivity index (χ0n) is 11.3. The summed E-state index contributed by atoms with van der Waals surface area (Å²) >= 11 is 5.90. The Labute approximate surface area is 122 Å². The molecule has 1 aromatic carbocycles. The molecule has 6 heteroatoms. The van der Waals surface area contributed by atoms with Crippen LogP contribution in [-0.4, -0.2) is 16.5 Å². The number of ether oxygens (including phenoxy) is 1. The van der Waals surface area contributed by atoms with E-state index in [1.807, 2.05) is 13.8 Å². The number of hydrogen-bond acceptors (Lipinski definition) is 4. The average Bonchev–Trinajstić information content (AvgIpc) is 2.43. The van der Waals surface area contributed by atoms with Crippen molar-refractivity contribution < 1.29 is 9.13 Å². The van der Waals surface area contributed by atoms with Crippen LogP contribution < -0.4 is 10.1 Å². The second kappa shape index (κ2) is 6.52. The van der Waals surface area contributed by atoms with Gasteiger partial charge in [0, 0.05) is 11.6 Å². The van der Waals surface area contributed by atoms with E-state index >= 15 is 0 Å². The largest absolute Gasteiger partial charge is 0.436 e. The topological polar surface area (TPSA) is 47.0 Å². The molecule has 0 saturated carbocycles. The van der Waals surface area contributed by atoms with Crippen molar-refractivity contribution in [3.05, 3.63) is 40.8 Å². The van der Waals surface area contributed by atoms with E-state index in [1.165, 1.54) is 0 Å². The fraction of sp³-hybridized carbons (Fsp3) is 0.286. The van der Waals surface area contributed by atoms with Crippen LogP contribution in [0.15, 0.2) is 24.4 Å². The van der Waals surface area contributed by atoms with Crippen LogP contribution in [-0.2, 0) is 0 Å². The number of aromatic nitrogens is 2. The molecular formula is C14H15ClFN3O. The third kappa shape index (κ3) is 3.57. The molecular weight excluding hydrogens is 281 g/mol. The normalized spacial score (nSPS) is 10.4. The fourth-order valence-corrected chi connectivity index (χ4v) is 1.70. The summed E-state index contributed by atoms with van der Waals surface area (Å²) in [6, 6.07) is 5.17. The number of nitrogens with zero attached hydrogens (tertiary/aromatic N) is 2. The molecule has 2 aromatic rings. The monoisotopic (exact) mass is 295 g/mol. The maximum absolute atomic E-state index is 13.7. The highest BCUT2D eigenvalue weighted by atomic mass is 35.5. The molecule has 0 aliphatic rings. The van der Waals surface area contributed by atoms with Gasteiger partial charge in [-0.15, -0.1) is 0 Å². The van der Waals surface area contributed by atoms with Gasteiger partial charge in [0.15, 0.2) is 0 Å². The Kier molecular flexibility index (Phi) is 4.74. The minimum Gasteiger partial charge on any atom is -0.436 e. The third-order valence-corrected chi connectivity index (χ3v) is 2.84. The lowest BCUT2D eigenvalue weighted by Gasteiger charge is -2.10. The van der Waals surface area contributed by atoms with Crippen molar-refractivity contribution in [3.8, 4) is 11.6 Å². The summed E-state index contributed by atoms with van der Waals surface area (Å²) in [7, 11) is 0. The van der Waals surface area contributed by atoms with Gasteiger partial charge in [-0.05, 0) is 31.0 Å². The smallest absolute Gasteiger partial charge is 0.260 e. The van der Waals surface area contributed by atoms with Gasteiger partial charge in [0.05, 0.1) is 6.20 Å². The number of halogens is 2. The summed E-state index contributed by atoms with van der Waals surface area (Å²) in [5, 5.41) is 3.50. The summed E-state index contributed by atoms with van der Waals surface area (Å²) in [5.74, 6) is 0.0647. The summed E-state index contributed by atoms with van der Waals surface area (Å²) in [4.78, 5) is 7.87. The second-order valence-corrected chi connectivity index (χ2v) is 4.72. The van der Waals surface area contributed by atoms with E-state index in [9.17, 15) is 4.39 Å². The molecule has 1 heterocycles. The number of nitrogens with one attached hydrogen (secondary N) is 1. The molecule has 106 valence electrons. The van der Waals surface area contributed by atoms with E-state index in [0.717, 1.165) is 18.2 Å². The Morgan fingerprint density at radius 2 is 2.20 bits per heavy atom. The molecule has 4 nitrogen and oxygen atoms in total. The molecule has 1 aromatic heterocycles. The van der Waals surface area contributed by atoms with Crippen molar-refractivity contribution in [1.82, 2.24) is 9.97 Å². The second-order valence-electron chi connectivity index (χ2n) is 4.29. The van der Waals surface area contributed by atoms with Gasteiger partial charge in [-0.3, -0.25) is 0 Å². The summed E-state index contributed by atoms with van der Waals surface area (Å²) in [6.07, 6.45) is 2.00. The molecule has 0 amide bonds. The molecule has 0 saturated heterocycles. The first kappa shape index (κ1) is 14.5. The Morgan fingerprint density at radius 1 is 1.40 bits per heavy atom. The quantitative estimate of drug-likeness (QED) is 0.898. The predicted molar refractivity (Wildman–Crippen MR) is 77.0 cm³/mol. The number of anilines is 1. The molecule has 0 aliphatic heterocycles. The Balaban J connectivity index is 2.25. The van der Waals surface area contributed by atoms with Crippen LogP contribution in [0.5, 0.6) is 11.6 Å².